The number of hydrogen-bond acceptors (Lipinski definition) is 2. The van der Waals surface area contributed by atoms with Crippen LogP contribution in [0.2, 0.25) is 0 Å². The normalized spacial score (nSPS) is 10.3. The topological polar surface area (TPSA) is 47.6 Å². The van der Waals surface area contributed by atoms with E-state index in [0.29, 0.717) is 0 Å². The monoisotopic (exact) mass is 358 g/mol. The van der Waals surface area contributed by atoms with Gasteiger partial charge < -0.3 is 0 Å². The molecule has 0 heterocycles. The summed E-state index contributed by atoms with van der Waals surface area (Å²) in [4.78, 5) is 0. The maximum atomic E-state index is 7.32. The van der Waals surface area contributed by atoms with E-state index in [2.05, 4.69) is 55.4 Å². The average molecular weight is 358 g/mol. The zero-order valence-electron chi connectivity index (χ0n) is 17.2. The predicted octanol–water partition coefficient (Wildman–Crippen LogP) is 7.03. The third-order valence-corrected chi connectivity index (χ3v) is 10.5. The van der Waals surface area contributed by atoms with Crippen LogP contribution in [-0.2, 0) is 0 Å². The molecule has 0 spiro atoms. The second kappa shape index (κ2) is 18.2. The van der Waals surface area contributed by atoms with Gasteiger partial charge in [-0.25, -0.2) is 0 Å². The Bertz CT molecular complexity index is 277. The van der Waals surface area contributed by atoms with Gasteiger partial charge in [0.2, 0.25) is 0 Å². The lowest BCUT2D eigenvalue weighted by molar-refractivity contribution is 0.950. The second-order valence-corrected chi connectivity index (χ2v) is 13.7. The summed E-state index contributed by atoms with van der Waals surface area (Å²) >= 11 is 0. The van der Waals surface area contributed by atoms with Crippen LogP contribution in [0.15, 0.2) is 0 Å². The fraction of sp³-hybridized carbons (Fsp3) is 0.895. The molecule has 0 aliphatic carbocycles. The lowest BCUT2D eigenvalue weighted by Crippen LogP contribution is -2.10. The summed E-state index contributed by atoms with van der Waals surface area (Å²) in [5.41, 5.74) is 3.65. The minimum Gasteiger partial charge on any atom is -0.199 e. The first-order valence-corrected chi connectivity index (χ1v) is 12.1. The Morgan fingerprint density at radius 1 is 0.609 bits per heavy atom. The zero-order valence-corrected chi connectivity index (χ0v) is 19.0. The molecule has 0 rings (SSSR count). The highest BCUT2D eigenvalue weighted by Gasteiger charge is 2.19. The van der Waals surface area contributed by atoms with Crippen molar-refractivity contribution in [1.82, 2.24) is 0 Å². The standard InChI is InChI=1S/C15H34P2.2C2H3N/c1-12(2)16(13(3)4)10-9-11-17(14(5)6)15(7)8;2*1-2-3/h12-15H,9-11H2,1-8H3;2*1H3. The van der Waals surface area contributed by atoms with Crippen molar-refractivity contribution in [2.75, 3.05) is 12.3 Å². The first-order chi connectivity index (χ1) is 10.6. The average Bonchev–Trinajstić information content (AvgIpc) is 2.38. The minimum absolute atomic E-state index is 0.263. The van der Waals surface area contributed by atoms with E-state index in [1.807, 2.05) is 0 Å². The molecule has 136 valence electrons. The Labute approximate surface area is 149 Å². The lowest BCUT2D eigenvalue weighted by Gasteiger charge is -2.29. The van der Waals surface area contributed by atoms with Crippen molar-refractivity contribution in [3.05, 3.63) is 0 Å². The molecule has 0 aliphatic heterocycles. The molecule has 0 unspecified atom stereocenters. The van der Waals surface area contributed by atoms with Crippen LogP contribution in [0.25, 0.3) is 0 Å². The van der Waals surface area contributed by atoms with E-state index in [1.165, 1.54) is 32.6 Å². The molecule has 0 radical (unpaired) electrons. The molecule has 0 fully saturated rings. The molecule has 2 nitrogen and oxygen atoms in total. The van der Waals surface area contributed by atoms with E-state index >= 15 is 0 Å². The first kappa shape index (κ1) is 27.7. The van der Waals surface area contributed by atoms with Gasteiger partial charge in [-0.1, -0.05) is 55.4 Å². The van der Waals surface area contributed by atoms with Crippen LogP contribution in [-0.4, -0.2) is 35.0 Å². The smallest absolute Gasteiger partial charge is 0.0587 e. The molecule has 0 saturated carbocycles. The van der Waals surface area contributed by atoms with Crippen molar-refractivity contribution in [2.45, 2.75) is 98.3 Å². The van der Waals surface area contributed by atoms with Gasteiger partial charge in [0.05, 0.1) is 12.1 Å². The summed E-state index contributed by atoms with van der Waals surface area (Å²) in [7, 11) is 0.525. The Balaban J connectivity index is -0.000000573. The van der Waals surface area contributed by atoms with Gasteiger partial charge >= 0.3 is 0 Å². The van der Waals surface area contributed by atoms with Crippen molar-refractivity contribution in [3.63, 3.8) is 0 Å². The summed E-state index contributed by atoms with van der Waals surface area (Å²) < 4.78 is 0. The number of hydrogen-bond donors (Lipinski definition) is 0. The highest BCUT2D eigenvalue weighted by atomic mass is 31.1. The number of rotatable bonds is 8. The van der Waals surface area contributed by atoms with E-state index in [9.17, 15) is 0 Å². The maximum absolute atomic E-state index is 7.32. The molecule has 0 aromatic carbocycles. The molecule has 0 aromatic heterocycles. The quantitative estimate of drug-likeness (QED) is 0.437. The molecule has 0 atom stereocenters. The first-order valence-electron chi connectivity index (χ1n) is 8.73. The second-order valence-electron chi connectivity index (χ2n) is 6.65. The van der Waals surface area contributed by atoms with Crippen molar-refractivity contribution in [2.24, 2.45) is 0 Å². The van der Waals surface area contributed by atoms with Gasteiger partial charge in [0, 0.05) is 13.8 Å². The van der Waals surface area contributed by atoms with E-state index < -0.39 is 0 Å². The molecule has 0 saturated heterocycles. The van der Waals surface area contributed by atoms with Crippen molar-refractivity contribution in [3.8, 4) is 12.1 Å². The molecule has 0 bridgehead atoms. The van der Waals surface area contributed by atoms with Gasteiger partial charge in [-0.05, 0) is 41.4 Å². The summed E-state index contributed by atoms with van der Waals surface area (Å²) in [6, 6.07) is 3.50. The number of nitrogens with zero attached hydrogens (tertiary/aromatic N) is 2. The third-order valence-electron chi connectivity index (χ3n) is 3.49. The van der Waals surface area contributed by atoms with Crippen LogP contribution in [0.1, 0.15) is 75.7 Å². The van der Waals surface area contributed by atoms with Crippen LogP contribution in [0.4, 0.5) is 0 Å². The molecule has 0 aliphatic rings. The molecular weight excluding hydrogens is 318 g/mol. The Morgan fingerprint density at radius 3 is 0.913 bits per heavy atom. The van der Waals surface area contributed by atoms with E-state index in [0.717, 1.165) is 22.6 Å². The van der Waals surface area contributed by atoms with E-state index in [1.54, 1.807) is 12.1 Å². The predicted molar refractivity (Wildman–Crippen MR) is 111 cm³/mol. The summed E-state index contributed by atoms with van der Waals surface area (Å²) in [5, 5.41) is 14.6. The van der Waals surface area contributed by atoms with Crippen LogP contribution >= 0.6 is 15.8 Å². The molecule has 0 N–H and O–H groups in total. The van der Waals surface area contributed by atoms with Crippen LogP contribution in [0, 0.1) is 22.7 Å². The molecule has 23 heavy (non-hydrogen) atoms. The summed E-state index contributed by atoms with van der Waals surface area (Å²) in [6.07, 6.45) is 4.48. The van der Waals surface area contributed by atoms with Crippen LogP contribution < -0.4 is 0 Å². The highest BCUT2D eigenvalue weighted by molar-refractivity contribution is 7.60. The molecule has 4 heteroatoms. The summed E-state index contributed by atoms with van der Waals surface area (Å²) in [6.45, 7) is 22.2. The van der Waals surface area contributed by atoms with Gasteiger partial charge in [0.25, 0.3) is 0 Å². The van der Waals surface area contributed by atoms with Gasteiger partial charge in [-0.2, -0.15) is 10.5 Å². The molecule has 0 aromatic rings. The Kier molecular flexibility index (Phi) is 21.9. The largest absolute Gasteiger partial charge is 0.199 e. The number of nitriles is 2. The molecular formula is C19H40N2P2. The van der Waals surface area contributed by atoms with E-state index in [-0.39, 0.29) is 15.8 Å². The summed E-state index contributed by atoms with van der Waals surface area (Å²) in [5.74, 6) is 0. The zero-order chi connectivity index (χ0) is 19.0. The highest BCUT2D eigenvalue weighted by Crippen LogP contribution is 2.50. The van der Waals surface area contributed by atoms with Gasteiger partial charge in [-0.3, -0.25) is 0 Å². The van der Waals surface area contributed by atoms with Gasteiger partial charge in [-0.15, -0.1) is 15.8 Å². The minimum atomic E-state index is 0.263. The molecule has 0 amide bonds. The van der Waals surface area contributed by atoms with Gasteiger partial charge in [0.15, 0.2) is 0 Å². The van der Waals surface area contributed by atoms with Crippen molar-refractivity contribution in [1.29, 1.82) is 10.5 Å². The van der Waals surface area contributed by atoms with Crippen molar-refractivity contribution >= 4 is 15.8 Å². The fourth-order valence-corrected chi connectivity index (χ4v) is 8.41. The Hall–Kier alpha value is -0.160. The van der Waals surface area contributed by atoms with Gasteiger partial charge in [0.1, 0.15) is 0 Å². The van der Waals surface area contributed by atoms with Crippen molar-refractivity contribution < 1.29 is 0 Å². The van der Waals surface area contributed by atoms with E-state index in [4.69, 9.17) is 10.5 Å². The third kappa shape index (κ3) is 18.0. The maximum Gasteiger partial charge on any atom is 0.0587 e. The Morgan fingerprint density at radius 2 is 0.783 bits per heavy atom. The fourth-order valence-electron chi connectivity index (χ4n) is 2.66. The SMILES string of the molecule is CC#N.CC#N.CC(C)P(CCCP(C(C)C)C(C)C)C(C)C. The lowest BCUT2D eigenvalue weighted by atomic mass is 10.5. The van der Waals surface area contributed by atoms with Crippen LogP contribution in [0.3, 0.4) is 0 Å². The van der Waals surface area contributed by atoms with Crippen LogP contribution in [0.5, 0.6) is 0 Å².